The van der Waals surface area contributed by atoms with Gasteiger partial charge < -0.3 is 0 Å². The Labute approximate surface area is 107 Å². The van der Waals surface area contributed by atoms with Gasteiger partial charge in [-0.05, 0) is 24.7 Å². The lowest BCUT2D eigenvalue weighted by molar-refractivity contribution is -0.138. The van der Waals surface area contributed by atoms with Crippen LogP contribution in [0.15, 0.2) is 18.5 Å². The topological polar surface area (TPSA) is 50.9 Å². The van der Waals surface area contributed by atoms with Gasteiger partial charge in [0.15, 0.2) is 0 Å². The molecule has 0 bridgehead atoms. The van der Waals surface area contributed by atoms with Crippen molar-refractivity contribution in [2.45, 2.75) is 30.3 Å². The normalized spacial score (nSPS) is 22.1. The van der Waals surface area contributed by atoms with Gasteiger partial charge in [-0.3, -0.25) is 16.3 Å². The van der Waals surface area contributed by atoms with Gasteiger partial charge in [-0.15, -0.1) is 0 Å². The Morgan fingerprint density at radius 2 is 2.28 bits per heavy atom. The van der Waals surface area contributed by atoms with Crippen molar-refractivity contribution in [3.63, 3.8) is 0 Å². The molecule has 3 nitrogen and oxygen atoms in total. The molecule has 2 rings (SSSR count). The zero-order valence-electron chi connectivity index (χ0n) is 9.57. The number of hydrogen-bond acceptors (Lipinski definition) is 4. The van der Waals surface area contributed by atoms with Crippen LogP contribution in [0.4, 0.5) is 13.2 Å². The Kier molecular flexibility index (Phi) is 4.14. The van der Waals surface area contributed by atoms with Crippen LogP contribution >= 0.6 is 11.8 Å². The maximum Gasteiger partial charge on any atom is 0.416 e. The number of nitrogens with one attached hydrogen (secondary N) is 1. The minimum absolute atomic E-state index is 0.0697. The molecule has 3 N–H and O–H groups in total. The van der Waals surface area contributed by atoms with Crippen molar-refractivity contribution in [2.75, 3.05) is 5.75 Å². The van der Waals surface area contributed by atoms with Crippen LogP contribution in [0.5, 0.6) is 0 Å². The van der Waals surface area contributed by atoms with Gasteiger partial charge in [-0.2, -0.15) is 24.9 Å². The molecule has 0 radical (unpaired) electrons. The zero-order valence-corrected chi connectivity index (χ0v) is 10.4. The molecule has 1 aliphatic rings. The van der Waals surface area contributed by atoms with Gasteiger partial charge in [0, 0.05) is 23.2 Å². The summed E-state index contributed by atoms with van der Waals surface area (Å²) in [5.41, 5.74) is 1.98. The van der Waals surface area contributed by atoms with Crippen molar-refractivity contribution in [1.29, 1.82) is 0 Å². The average Bonchev–Trinajstić information content (AvgIpc) is 2.83. The lowest BCUT2D eigenvalue weighted by Crippen LogP contribution is -2.35. The Bertz CT molecular complexity index is 405. The fraction of sp³-hybridized carbons (Fsp3) is 0.545. The molecule has 100 valence electrons. The molecule has 0 aromatic carbocycles. The molecule has 1 saturated heterocycles. The van der Waals surface area contributed by atoms with Gasteiger partial charge in [0.05, 0.1) is 11.6 Å². The van der Waals surface area contributed by atoms with E-state index >= 15 is 0 Å². The number of hydrogen-bond donors (Lipinski definition) is 2. The first-order valence-electron chi connectivity index (χ1n) is 5.63. The van der Waals surface area contributed by atoms with Crippen molar-refractivity contribution >= 4 is 11.8 Å². The summed E-state index contributed by atoms with van der Waals surface area (Å²) in [6.07, 6.45) is -0.0918. The lowest BCUT2D eigenvalue weighted by Gasteiger charge is -2.25. The number of aromatic nitrogens is 1. The van der Waals surface area contributed by atoms with Crippen LogP contribution < -0.4 is 11.3 Å². The highest BCUT2D eigenvalue weighted by atomic mass is 32.2. The van der Waals surface area contributed by atoms with E-state index in [1.807, 2.05) is 0 Å². The first-order valence-corrected chi connectivity index (χ1v) is 6.67. The minimum atomic E-state index is -4.38. The molecule has 2 atom stereocenters. The molecule has 0 aliphatic carbocycles. The Balaban J connectivity index is 2.35. The van der Waals surface area contributed by atoms with E-state index in [0.29, 0.717) is 0 Å². The summed E-state index contributed by atoms with van der Waals surface area (Å²) >= 11 is 1.65. The summed E-state index contributed by atoms with van der Waals surface area (Å²) in [7, 11) is 0. The summed E-state index contributed by atoms with van der Waals surface area (Å²) in [6.45, 7) is 0. The Hall–Kier alpha value is -0.790. The van der Waals surface area contributed by atoms with Crippen molar-refractivity contribution in [2.24, 2.45) is 5.84 Å². The predicted molar refractivity (Wildman–Crippen MR) is 64.8 cm³/mol. The highest BCUT2D eigenvalue weighted by Gasteiger charge is 2.37. The van der Waals surface area contributed by atoms with Crippen LogP contribution in [0.25, 0.3) is 0 Å². The van der Waals surface area contributed by atoms with Crippen LogP contribution in [-0.2, 0) is 6.18 Å². The van der Waals surface area contributed by atoms with Crippen LogP contribution in [0.2, 0.25) is 0 Å². The van der Waals surface area contributed by atoms with Gasteiger partial charge >= 0.3 is 6.18 Å². The van der Waals surface area contributed by atoms with E-state index in [1.165, 1.54) is 6.20 Å². The van der Waals surface area contributed by atoms with Gasteiger partial charge in [0.2, 0.25) is 0 Å². The molecule has 2 unspecified atom stereocenters. The smallest absolute Gasteiger partial charge is 0.271 e. The predicted octanol–water partition coefficient (Wildman–Crippen LogP) is 2.50. The van der Waals surface area contributed by atoms with E-state index < -0.39 is 17.8 Å². The van der Waals surface area contributed by atoms with Crippen LogP contribution in [0.3, 0.4) is 0 Å². The van der Waals surface area contributed by atoms with Crippen LogP contribution in [0, 0.1) is 0 Å². The van der Waals surface area contributed by atoms with Gasteiger partial charge in [-0.1, -0.05) is 0 Å². The molecular formula is C11H14F3N3S. The first kappa shape index (κ1) is 13.6. The molecule has 18 heavy (non-hydrogen) atoms. The van der Waals surface area contributed by atoms with Crippen molar-refractivity contribution in [3.8, 4) is 0 Å². The summed E-state index contributed by atoms with van der Waals surface area (Å²) in [5, 5.41) is 0.0697. The summed E-state index contributed by atoms with van der Waals surface area (Å²) < 4.78 is 38.8. The summed E-state index contributed by atoms with van der Waals surface area (Å²) in [4.78, 5) is 3.79. The monoisotopic (exact) mass is 277 g/mol. The van der Waals surface area contributed by atoms with E-state index in [-0.39, 0.29) is 10.8 Å². The molecule has 0 amide bonds. The van der Waals surface area contributed by atoms with Crippen molar-refractivity contribution in [3.05, 3.63) is 29.6 Å². The Morgan fingerprint density at radius 1 is 1.50 bits per heavy atom. The second-order valence-corrected chi connectivity index (χ2v) is 5.50. The van der Waals surface area contributed by atoms with Crippen molar-refractivity contribution in [1.82, 2.24) is 10.4 Å². The van der Waals surface area contributed by atoms with E-state index in [1.54, 1.807) is 11.8 Å². The van der Waals surface area contributed by atoms with E-state index in [9.17, 15) is 13.2 Å². The Morgan fingerprint density at radius 3 is 2.83 bits per heavy atom. The molecule has 1 aromatic rings. The average molecular weight is 277 g/mol. The number of thioether (sulfide) groups is 1. The third-order valence-corrected chi connectivity index (χ3v) is 4.47. The molecule has 2 heterocycles. The maximum atomic E-state index is 12.9. The van der Waals surface area contributed by atoms with Gasteiger partial charge in [-0.25, -0.2) is 0 Å². The molecule has 1 aliphatic heterocycles. The second-order valence-electron chi connectivity index (χ2n) is 4.16. The first-order chi connectivity index (χ1) is 8.54. The largest absolute Gasteiger partial charge is 0.416 e. The molecule has 0 saturated carbocycles. The van der Waals surface area contributed by atoms with Gasteiger partial charge in [0.25, 0.3) is 0 Å². The van der Waals surface area contributed by atoms with Crippen LogP contribution in [0.1, 0.15) is 30.0 Å². The number of rotatable bonds is 3. The highest BCUT2D eigenvalue weighted by molar-refractivity contribution is 8.00. The number of halogens is 3. The third kappa shape index (κ3) is 2.78. The minimum Gasteiger partial charge on any atom is -0.271 e. The second kappa shape index (κ2) is 5.46. The van der Waals surface area contributed by atoms with E-state index in [2.05, 4.69) is 10.4 Å². The lowest BCUT2D eigenvalue weighted by atomic mass is 9.98. The number of alkyl halides is 3. The molecule has 1 fully saturated rings. The number of nitrogens with two attached hydrogens (primary N) is 1. The van der Waals surface area contributed by atoms with Crippen LogP contribution in [-0.4, -0.2) is 16.0 Å². The van der Waals surface area contributed by atoms with E-state index in [0.717, 1.165) is 30.9 Å². The summed E-state index contributed by atoms with van der Waals surface area (Å²) in [5.74, 6) is 6.40. The fourth-order valence-electron chi connectivity index (χ4n) is 2.18. The zero-order chi connectivity index (χ0) is 13.2. The maximum absolute atomic E-state index is 12.9. The van der Waals surface area contributed by atoms with Gasteiger partial charge in [0.1, 0.15) is 0 Å². The number of hydrazine groups is 1. The quantitative estimate of drug-likeness (QED) is 0.658. The molecule has 1 aromatic heterocycles. The fourth-order valence-corrected chi connectivity index (χ4v) is 3.56. The number of pyridine rings is 1. The van der Waals surface area contributed by atoms with Crippen molar-refractivity contribution < 1.29 is 13.2 Å². The standard InChI is InChI=1S/C11H14F3N3S/c12-11(13,14)8-3-4-16-6-7(8)10(17-15)9-2-1-5-18-9/h3-4,6,9-10,17H,1-2,5,15H2. The number of nitrogens with zero attached hydrogens (tertiary/aromatic N) is 1. The molecule has 0 spiro atoms. The highest BCUT2D eigenvalue weighted by Crippen LogP contribution is 2.40. The van der Waals surface area contributed by atoms with E-state index in [4.69, 9.17) is 5.84 Å². The molecule has 7 heteroatoms. The third-order valence-electron chi connectivity index (χ3n) is 3.01. The SMILES string of the molecule is NNC(c1cnccc1C(F)(F)F)C1CCCS1. The molecular weight excluding hydrogens is 263 g/mol. The summed E-state index contributed by atoms with van der Waals surface area (Å²) in [6, 6.07) is 0.488.